The number of phenolic OH excluding ortho intramolecular Hbond substituents is 1. The van der Waals surface area contributed by atoms with Crippen LogP contribution in [0.2, 0.25) is 0 Å². The first-order valence-electron chi connectivity index (χ1n) is 6.77. The largest absolute Gasteiger partial charge is 0.508 e. The number of aromatic hydroxyl groups is 1. The van der Waals surface area contributed by atoms with E-state index in [1.807, 2.05) is 20.8 Å². The van der Waals surface area contributed by atoms with Crippen LogP contribution in [0.4, 0.5) is 0 Å². The molecule has 0 aromatic heterocycles. The Bertz CT molecular complexity index is 420. The van der Waals surface area contributed by atoms with Gasteiger partial charge >= 0.3 is 5.97 Å². The van der Waals surface area contributed by atoms with Crippen molar-refractivity contribution in [3.63, 3.8) is 0 Å². The smallest absolute Gasteiger partial charge is 0.317 e. The number of ether oxygens (including phenoxy) is 1. The van der Waals surface area contributed by atoms with Gasteiger partial charge in [-0.2, -0.15) is 0 Å². The lowest BCUT2D eigenvalue weighted by Gasteiger charge is -2.32. The fourth-order valence-corrected chi connectivity index (χ4v) is 2.14. The second kappa shape index (κ2) is 6.09. The Morgan fingerprint density at radius 2 is 1.74 bits per heavy atom. The molecule has 0 bridgehead atoms. The van der Waals surface area contributed by atoms with Gasteiger partial charge in [0.1, 0.15) is 11.5 Å². The summed E-state index contributed by atoms with van der Waals surface area (Å²) in [6.45, 7) is 10.3. The van der Waals surface area contributed by atoms with Crippen molar-refractivity contribution in [1.29, 1.82) is 0 Å². The van der Waals surface area contributed by atoms with Crippen LogP contribution >= 0.6 is 0 Å². The van der Waals surface area contributed by atoms with Crippen molar-refractivity contribution in [3.05, 3.63) is 24.3 Å². The van der Waals surface area contributed by atoms with Crippen LogP contribution in [-0.4, -0.2) is 11.1 Å². The van der Waals surface area contributed by atoms with Gasteiger partial charge < -0.3 is 9.84 Å². The van der Waals surface area contributed by atoms with Gasteiger partial charge in [-0.05, 0) is 49.4 Å². The van der Waals surface area contributed by atoms with Crippen molar-refractivity contribution in [2.75, 3.05) is 0 Å². The van der Waals surface area contributed by atoms with E-state index in [0.717, 1.165) is 6.42 Å². The summed E-state index contributed by atoms with van der Waals surface area (Å²) in [5, 5.41) is 9.22. The molecule has 0 heterocycles. The predicted molar refractivity (Wildman–Crippen MR) is 76.1 cm³/mol. The highest BCUT2D eigenvalue weighted by molar-refractivity contribution is 5.79. The molecule has 1 unspecified atom stereocenters. The highest BCUT2D eigenvalue weighted by Crippen LogP contribution is 2.36. The Labute approximate surface area is 115 Å². The number of carbonyl (C=O) groups excluding carboxylic acids is 1. The molecule has 1 aromatic rings. The Kier molecular flexibility index (Phi) is 4.98. The van der Waals surface area contributed by atoms with E-state index in [2.05, 4.69) is 13.8 Å². The Hall–Kier alpha value is -1.51. The van der Waals surface area contributed by atoms with E-state index in [1.165, 1.54) is 12.1 Å². The molecule has 0 spiro atoms. The van der Waals surface area contributed by atoms with Crippen LogP contribution in [-0.2, 0) is 4.79 Å². The van der Waals surface area contributed by atoms with Crippen molar-refractivity contribution < 1.29 is 14.6 Å². The molecule has 1 N–H and O–H groups in total. The van der Waals surface area contributed by atoms with E-state index in [9.17, 15) is 9.90 Å². The number of esters is 1. The molecule has 0 saturated carbocycles. The van der Waals surface area contributed by atoms with Crippen molar-refractivity contribution in [2.24, 2.45) is 17.3 Å². The minimum atomic E-state index is -0.494. The average Bonchev–Trinajstić information content (AvgIpc) is 2.30. The molecule has 0 saturated heterocycles. The fraction of sp³-hybridized carbons (Fsp3) is 0.562. The maximum atomic E-state index is 12.4. The maximum absolute atomic E-state index is 12.4. The Balaban J connectivity index is 2.86. The van der Waals surface area contributed by atoms with E-state index in [-0.39, 0.29) is 17.6 Å². The van der Waals surface area contributed by atoms with Gasteiger partial charge in [0.2, 0.25) is 0 Å². The first kappa shape index (κ1) is 15.5. The molecule has 3 nitrogen and oxygen atoms in total. The van der Waals surface area contributed by atoms with Gasteiger partial charge in [-0.3, -0.25) is 4.79 Å². The van der Waals surface area contributed by atoms with E-state index in [1.54, 1.807) is 12.1 Å². The highest BCUT2D eigenvalue weighted by atomic mass is 16.5. The first-order valence-corrected chi connectivity index (χ1v) is 6.77. The summed E-state index contributed by atoms with van der Waals surface area (Å²) in [6, 6.07) is 6.22. The van der Waals surface area contributed by atoms with Gasteiger partial charge in [0, 0.05) is 0 Å². The molecule has 0 aliphatic rings. The number of hydrogen-bond acceptors (Lipinski definition) is 3. The summed E-state index contributed by atoms with van der Waals surface area (Å²) in [6.07, 6.45) is 0.793. The lowest BCUT2D eigenvalue weighted by atomic mass is 9.73. The second-order valence-corrected chi connectivity index (χ2v) is 6.05. The molecule has 19 heavy (non-hydrogen) atoms. The van der Waals surface area contributed by atoms with Crippen LogP contribution in [0.1, 0.15) is 41.0 Å². The summed E-state index contributed by atoms with van der Waals surface area (Å²) < 4.78 is 5.45. The third kappa shape index (κ3) is 3.98. The van der Waals surface area contributed by atoms with Crippen molar-refractivity contribution >= 4 is 5.97 Å². The highest BCUT2D eigenvalue weighted by Gasteiger charge is 2.38. The van der Waals surface area contributed by atoms with Crippen LogP contribution < -0.4 is 4.74 Å². The van der Waals surface area contributed by atoms with E-state index in [4.69, 9.17) is 4.74 Å². The van der Waals surface area contributed by atoms with E-state index < -0.39 is 5.41 Å². The van der Waals surface area contributed by atoms with Gasteiger partial charge in [-0.15, -0.1) is 0 Å². The molecule has 0 aliphatic carbocycles. The van der Waals surface area contributed by atoms with E-state index >= 15 is 0 Å². The van der Waals surface area contributed by atoms with Crippen LogP contribution in [0.5, 0.6) is 11.5 Å². The zero-order valence-electron chi connectivity index (χ0n) is 12.4. The number of carbonyl (C=O) groups is 1. The molecule has 0 fully saturated rings. The van der Waals surface area contributed by atoms with Gasteiger partial charge in [-0.1, -0.05) is 27.7 Å². The molecule has 1 rings (SSSR count). The summed E-state index contributed by atoms with van der Waals surface area (Å²) in [7, 11) is 0. The van der Waals surface area contributed by atoms with Crippen LogP contribution in [0.15, 0.2) is 24.3 Å². The molecule has 0 amide bonds. The Morgan fingerprint density at radius 1 is 1.21 bits per heavy atom. The number of rotatable bonds is 5. The second-order valence-electron chi connectivity index (χ2n) is 6.05. The Morgan fingerprint density at radius 3 is 2.16 bits per heavy atom. The fourth-order valence-electron chi connectivity index (χ4n) is 2.14. The normalized spacial score (nSPS) is 14.5. The topological polar surface area (TPSA) is 46.5 Å². The number of benzene rings is 1. The van der Waals surface area contributed by atoms with Gasteiger partial charge in [-0.25, -0.2) is 0 Å². The van der Waals surface area contributed by atoms with Crippen LogP contribution in [0, 0.1) is 17.3 Å². The third-order valence-corrected chi connectivity index (χ3v) is 3.62. The molecule has 106 valence electrons. The van der Waals surface area contributed by atoms with Crippen LogP contribution in [0.3, 0.4) is 0 Å². The molecule has 1 atom stereocenters. The summed E-state index contributed by atoms with van der Waals surface area (Å²) in [4.78, 5) is 12.4. The van der Waals surface area contributed by atoms with Gasteiger partial charge in [0.15, 0.2) is 0 Å². The average molecular weight is 264 g/mol. The standard InChI is InChI=1S/C16H24O3/c1-11(2)10-16(5,12(3)4)15(18)19-14-8-6-13(17)7-9-14/h6-9,11-12,17H,10H2,1-5H3. The number of phenols is 1. The van der Waals surface area contributed by atoms with Gasteiger partial charge in [0.25, 0.3) is 0 Å². The van der Waals surface area contributed by atoms with Gasteiger partial charge in [0.05, 0.1) is 5.41 Å². The lowest BCUT2D eigenvalue weighted by Crippen LogP contribution is -2.38. The van der Waals surface area contributed by atoms with Crippen molar-refractivity contribution in [3.8, 4) is 11.5 Å². The van der Waals surface area contributed by atoms with Crippen LogP contribution in [0.25, 0.3) is 0 Å². The zero-order valence-corrected chi connectivity index (χ0v) is 12.4. The summed E-state index contributed by atoms with van der Waals surface area (Å²) in [5.74, 6) is 1.06. The molecule has 1 aromatic carbocycles. The third-order valence-electron chi connectivity index (χ3n) is 3.62. The quantitative estimate of drug-likeness (QED) is 0.645. The molecular weight excluding hydrogens is 240 g/mol. The molecule has 0 aliphatic heterocycles. The van der Waals surface area contributed by atoms with Crippen molar-refractivity contribution in [1.82, 2.24) is 0 Å². The summed E-state index contributed by atoms with van der Waals surface area (Å²) >= 11 is 0. The molecule has 0 radical (unpaired) electrons. The number of hydrogen-bond donors (Lipinski definition) is 1. The lowest BCUT2D eigenvalue weighted by molar-refractivity contribution is -0.148. The maximum Gasteiger partial charge on any atom is 0.317 e. The molecular formula is C16H24O3. The zero-order chi connectivity index (χ0) is 14.6. The van der Waals surface area contributed by atoms with E-state index in [0.29, 0.717) is 11.7 Å². The minimum Gasteiger partial charge on any atom is -0.508 e. The monoisotopic (exact) mass is 264 g/mol. The first-order chi connectivity index (χ1) is 8.75. The predicted octanol–water partition coefficient (Wildman–Crippen LogP) is 4.01. The summed E-state index contributed by atoms with van der Waals surface area (Å²) in [5.41, 5.74) is -0.494. The SMILES string of the molecule is CC(C)CC(C)(C(=O)Oc1ccc(O)cc1)C(C)C. The van der Waals surface area contributed by atoms with Crippen molar-refractivity contribution in [2.45, 2.75) is 41.0 Å². The molecule has 3 heteroatoms. The minimum absolute atomic E-state index is 0.161.